The van der Waals surface area contributed by atoms with Crippen LogP contribution in [0.2, 0.25) is 5.02 Å². The van der Waals surface area contributed by atoms with E-state index in [1.54, 1.807) is 35.2 Å². The molecule has 2 rings (SSSR count). The average Bonchev–Trinajstić information content (AvgIpc) is 3.00. The van der Waals surface area contributed by atoms with Gasteiger partial charge in [-0.05, 0) is 36.6 Å². The van der Waals surface area contributed by atoms with Crippen molar-refractivity contribution < 1.29 is 9.59 Å². The lowest BCUT2D eigenvalue weighted by Gasteiger charge is -2.17. The molecule has 0 saturated carbocycles. The van der Waals surface area contributed by atoms with Crippen LogP contribution in [0.4, 0.5) is 0 Å². The van der Waals surface area contributed by atoms with Gasteiger partial charge in [-0.1, -0.05) is 29.8 Å². The number of nitriles is 1. The van der Waals surface area contributed by atoms with Crippen molar-refractivity contribution in [2.24, 2.45) is 5.92 Å². The Morgan fingerprint density at radius 1 is 1.33 bits per heavy atom. The summed E-state index contributed by atoms with van der Waals surface area (Å²) in [5.74, 6) is -2.14. The summed E-state index contributed by atoms with van der Waals surface area (Å²) in [6, 6.07) is 8.80. The SMILES string of the molecule is N#CC(C(=O)C=Cc1cccc(Cl)c1)C(=O)N1CCCC1. The largest absolute Gasteiger partial charge is 0.341 e. The van der Waals surface area contributed by atoms with E-state index < -0.39 is 17.6 Å². The summed E-state index contributed by atoms with van der Waals surface area (Å²) in [6.07, 6.45) is 4.69. The minimum absolute atomic E-state index is 0.393. The Morgan fingerprint density at radius 2 is 2.05 bits per heavy atom. The number of amides is 1. The van der Waals surface area contributed by atoms with Gasteiger partial charge in [0.1, 0.15) is 0 Å². The van der Waals surface area contributed by atoms with Gasteiger partial charge in [-0.25, -0.2) is 0 Å². The number of carbonyl (C=O) groups is 2. The van der Waals surface area contributed by atoms with Gasteiger partial charge in [0, 0.05) is 18.1 Å². The van der Waals surface area contributed by atoms with Crippen molar-refractivity contribution in [3.05, 3.63) is 40.9 Å². The third-order valence-corrected chi connectivity index (χ3v) is 3.60. The van der Waals surface area contributed by atoms with Gasteiger partial charge < -0.3 is 4.90 Å². The second-order valence-electron chi connectivity index (χ2n) is 4.89. The molecule has 1 amide bonds. The molecule has 1 aliphatic rings. The highest BCUT2D eigenvalue weighted by molar-refractivity contribution is 6.30. The van der Waals surface area contributed by atoms with Crippen molar-refractivity contribution in [2.75, 3.05) is 13.1 Å². The van der Waals surface area contributed by atoms with E-state index in [1.807, 2.05) is 6.07 Å². The molecule has 0 spiro atoms. The molecule has 0 radical (unpaired) electrons. The highest BCUT2D eigenvalue weighted by atomic mass is 35.5. The van der Waals surface area contributed by atoms with Gasteiger partial charge in [0.05, 0.1) is 6.07 Å². The Labute approximate surface area is 128 Å². The molecule has 1 aromatic carbocycles. The van der Waals surface area contributed by atoms with E-state index in [2.05, 4.69) is 0 Å². The number of halogens is 1. The first-order valence-electron chi connectivity index (χ1n) is 6.77. The molecule has 1 atom stereocenters. The molecule has 21 heavy (non-hydrogen) atoms. The molecule has 1 aromatic rings. The van der Waals surface area contributed by atoms with Crippen molar-refractivity contribution in [1.82, 2.24) is 4.90 Å². The molecule has 0 N–H and O–H groups in total. The maximum absolute atomic E-state index is 12.1. The number of hydrogen-bond donors (Lipinski definition) is 0. The van der Waals surface area contributed by atoms with Crippen molar-refractivity contribution in [3.8, 4) is 6.07 Å². The molecule has 0 aromatic heterocycles. The lowest BCUT2D eigenvalue weighted by molar-refractivity contribution is -0.136. The van der Waals surface area contributed by atoms with Gasteiger partial charge in [0.25, 0.3) is 0 Å². The number of hydrogen-bond acceptors (Lipinski definition) is 3. The molecular weight excluding hydrogens is 288 g/mol. The summed E-state index contributed by atoms with van der Waals surface area (Å²) < 4.78 is 0. The molecule has 1 heterocycles. The van der Waals surface area contributed by atoms with Crippen LogP contribution >= 0.6 is 11.6 Å². The number of nitrogens with zero attached hydrogens (tertiary/aromatic N) is 2. The molecule has 1 unspecified atom stereocenters. The van der Waals surface area contributed by atoms with E-state index in [-0.39, 0.29) is 0 Å². The number of benzene rings is 1. The predicted octanol–water partition coefficient (Wildman–Crippen LogP) is 2.68. The third kappa shape index (κ3) is 3.93. The summed E-state index contributed by atoms with van der Waals surface area (Å²) in [7, 11) is 0. The minimum atomic E-state index is -1.25. The highest BCUT2D eigenvalue weighted by Crippen LogP contribution is 2.15. The van der Waals surface area contributed by atoms with Gasteiger partial charge >= 0.3 is 0 Å². The zero-order chi connectivity index (χ0) is 15.2. The van der Waals surface area contributed by atoms with Crippen molar-refractivity contribution >= 4 is 29.4 Å². The summed E-state index contributed by atoms with van der Waals surface area (Å²) in [6.45, 7) is 1.25. The summed E-state index contributed by atoms with van der Waals surface area (Å²) in [5, 5.41) is 9.66. The molecule has 0 bridgehead atoms. The summed E-state index contributed by atoms with van der Waals surface area (Å²) in [4.78, 5) is 25.7. The number of rotatable bonds is 4. The zero-order valence-corrected chi connectivity index (χ0v) is 12.2. The van der Waals surface area contributed by atoms with Crippen LogP contribution in [0.25, 0.3) is 6.08 Å². The van der Waals surface area contributed by atoms with Crippen LogP contribution in [0.3, 0.4) is 0 Å². The van der Waals surface area contributed by atoms with Crippen LogP contribution in [0.1, 0.15) is 18.4 Å². The van der Waals surface area contributed by atoms with Crippen LogP contribution in [0, 0.1) is 17.2 Å². The van der Waals surface area contributed by atoms with E-state index in [0.29, 0.717) is 18.1 Å². The van der Waals surface area contributed by atoms with Crippen molar-refractivity contribution in [2.45, 2.75) is 12.8 Å². The second-order valence-corrected chi connectivity index (χ2v) is 5.32. The Hall–Kier alpha value is -2.12. The number of ketones is 1. The molecule has 1 aliphatic heterocycles. The van der Waals surface area contributed by atoms with E-state index in [4.69, 9.17) is 16.9 Å². The standard InChI is InChI=1S/C16H15ClN2O2/c17-13-5-3-4-12(10-13)6-7-15(20)14(11-18)16(21)19-8-1-2-9-19/h3-7,10,14H,1-2,8-9H2. The van der Waals surface area contributed by atoms with Crippen LogP contribution in [0.15, 0.2) is 30.3 Å². The predicted molar refractivity (Wildman–Crippen MR) is 80.4 cm³/mol. The first kappa shape index (κ1) is 15.3. The van der Waals surface area contributed by atoms with Crippen LogP contribution in [0.5, 0.6) is 0 Å². The summed E-state index contributed by atoms with van der Waals surface area (Å²) in [5.41, 5.74) is 0.751. The monoisotopic (exact) mass is 302 g/mol. The van der Waals surface area contributed by atoms with Gasteiger partial charge in [-0.15, -0.1) is 0 Å². The molecular formula is C16H15ClN2O2. The number of allylic oxidation sites excluding steroid dienone is 1. The van der Waals surface area contributed by atoms with Gasteiger partial charge in [0.2, 0.25) is 5.91 Å². The van der Waals surface area contributed by atoms with Gasteiger partial charge in [-0.3, -0.25) is 9.59 Å². The lowest BCUT2D eigenvalue weighted by atomic mass is 10.0. The van der Waals surface area contributed by atoms with Crippen molar-refractivity contribution in [1.29, 1.82) is 5.26 Å². The Bertz CT molecular complexity index is 613. The van der Waals surface area contributed by atoms with E-state index >= 15 is 0 Å². The first-order valence-corrected chi connectivity index (χ1v) is 7.15. The number of likely N-dealkylation sites (tertiary alicyclic amines) is 1. The minimum Gasteiger partial charge on any atom is -0.341 e. The molecule has 108 valence electrons. The highest BCUT2D eigenvalue weighted by Gasteiger charge is 2.30. The summed E-state index contributed by atoms with van der Waals surface area (Å²) >= 11 is 5.85. The molecule has 1 saturated heterocycles. The molecule has 1 fully saturated rings. The van der Waals surface area contributed by atoms with Gasteiger partial charge in [0.15, 0.2) is 11.7 Å². The normalized spacial score (nSPS) is 15.9. The fraction of sp³-hybridized carbons (Fsp3) is 0.312. The van der Waals surface area contributed by atoms with E-state index in [9.17, 15) is 9.59 Å². The first-order chi connectivity index (χ1) is 10.1. The van der Waals surface area contributed by atoms with Crippen LogP contribution in [-0.2, 0) is 9.59 Å². The van der Waals surface area contributed by atoms with Gasteiger partial charge in [-0.2, -0.15) is 5.26 Å². The maximum Gasteiger partial charge on any atom is 0.247 e. The Balaban J connectivity index is 2.06. The zero-order valence-electron chi connectivity index (χ0n) is 11.5. The molecule has 0 aliphatic carbocycles. The Kier molecular flexibility index (Phi) is 5.13. The average molecular weight is 303 g/mol. The van der Waals surface area contributed by atoms with Crippen LogP contribution < -0.4 is 0 Å². The van der Waals surface area contributed by atoms with E-state index in [1.165, 1.54) is 6.08 Å². The third-order valence-electron chi connectivity index (χ3n) is 3.37. The lowest BCUT2D eigenvalue weighted by Crippen LogP contribution is -2.36. The molecule has 5 heteroatoms. The molecule has 4 nitrogen and oxygen atoms in total. The smallest absolute Gasteiger partial charge is 0.247 e. The topological polar surface area (TPSA) is 61.2 Å². The quantitative estimate of drug-likeness (QED) is 0.634. The maximum atomic E-state index is 12.1. The Morgan fingerprint density at radius 3 is 2.67 bits per heavy atom. The fourth-order valence-electron chi connectivity index (χ4n) is 2.25. The second kappa shape index (κ2) is 7.05. The fourth-order valence-corrected chi connectivity index (χ4v) is 2.44. The number of carbonyl (C=O) groups excluding carboxylic acids is 2. The van der Waals surface area contributed by atoms with E-state index in [0.717, 1.165) is 18.4 Å². The van der Waals surface area contributed by atoms with Crippen LogP contribution in [-0.4, -0.2) is 29.7 Å². The van der Waals surface area contributed by atoms with Crippen molar-refractivity contribution in [3.63, 3.8) is 0 Å².